The molecule has 0 aromatic heterocycles. The van der Waals surface area contributed by atoms with Gasteiger partial charge in [-0.15, -0.1) is 0 Å². The Morgan fingerprint density at radius 3 is 2.20 bits per heavy atom. The van der Waals surface area contributed by atoms with Gasteiger partial charge in [-0.3, -0.25) is 4.79 Å². The summed E-state index contributed by atoms with van der Waals surface area (Å²) < 4.78 is 27.8. The van der Waals surface area contributed by atoms with Crippen molar-refractivity contribution in [2.45, 2.75) is 38.1 Å². The molecule has 184 valence electrons. The molecule has 4 rings (SSSR count). The van der Waals surface area contributed by atoms with E-state index in [4.69, 9.17) is 0 Å². The van der Waals surface area contributed by atoms with E-state index in [1.807, 2.05) is 35.2 Å². The molecule has 0 bridgehead atoms. The van der Waals surface area contributed by atoms with E-state index in [-0.39, 0.29) is 17.3 Å². The van der Waals surface area contributed by atoms with Crippen molar-refractivity contribution >= 4 is 21.6 Å². The molecule has 1 fully saturated rings. The maximum absolute atomic E-state index is 12.8. The van der Waals surface area contributed by atoms with E-state index in [1.165, 1.54) is 16.8 Å². The largest absolute Gasteiger partial charge is 0.368 e. The number of aryl methyl sites for hydroxylation is 2. The van der Waals surface area contributed by atoms with Gasteiger partial charge in [0.05, 0.1) is 4.90 Å². The van der Waals surface area contributed by atoms with Gasteiger partial charge in [0.1, 0.15) is 0 Å². The van der Waals surface area contributed by atoms with E-state index < -0.39 is 10.0 Å². The molecular weight excluding hydrogens is 458 g/mol. The Labute approximate surface area is 208 Å². The summed E-state index contributed by atoms with van der Waals surface area (Å²) in [5, 5.41) is 0. The molecule has 1 aliphatic heterocycles. The van der Waals surface area contributed by atoms with E-state index in [1.54, 1.807) is 24.3 Å². The minimum absolute atomic E-state index is 0.145. The molecule has 35 heavy (non-hydrogen) atoms. The standard InChI is InChI=1S/C28H33N3O3S/c1-22-7-6-10-27(23(22)2)30-17-19-31(20-18-30)28(32)16-13-24-11-14-26(15-12-24)35(33,34)29-21-25-8-4-3-5-9-25/h3-12,14-15,29H,13,16-21H2,1-2H3. The van der Waals surface area contributed by atoms with Crippen LogP contribution < -0.4 is 9.62 Å². The molecule has 0 spiro atoms. The first-order valence-electron chi connectivity index (χ1n) is 12.0. The lowest BCUT2D eigenvalue weighted by molar-refractivity contribution is -0.131. The number of benzene rings is 3. The molecule has 0 radical (unpaired) electrons. The van der Waals surface area contributed by atoms with E-state index in [0.717, 1.165) is 37.3 Å². The molecule has 0 aliphatic carbocycles. The van der Waals surface area contributed by atoms with Crippen LogP contribution in [0.2, 0.25) is 0 Å². The summed E-state index contributed by atoms with van der Waals surface area (Å²) in [6.45, 7) is 7.63. The second kappa shape index (κ2) is 11.1. The first-order chi connectivity index (χ1) is 16.8. The molecule has 0 saturated carbocycles. The molecule has 1 saturated heterocycles. The smallest absolute Gasteiger partial charge is 0.240 e. The molecule has 0 unspecified atom stereocenters. The van der Waals surface area contributed by atoms with E-state index in [2.05, 4.69) is 41.7 Å². The predicted molar refractivity (Wildman–Crippen MR) is 140 cm³/mol. The fourth-order valence-electron chi connectivity index (χ4n) is 4.38. The third kappa shape index (κ3) is 6.29. The molecule has 3 aromatic rings. The van der Waals surface area contributed by atoms with Gasteiger partial charge in [0.25, 0.3) is 0 Å². The van der Waals surface area contributed by atoms with Crippen molar-refractivity contribution in [3.63, 3.8) is 0 Å². The van der Waals surface area contributed by atoms with Crippen LogP contribution in [0.3, 0.4) is 0 Å². The van der Waals surface area contributed by atoms with Crippen molar-refractivity contribution in [3.8, 4) is 0 Å². The zero-order chi connectivity index (χ0) is 24.8. The number of nitrogens with one attached hydrogen (secondary N) is 1. The maximum atomic E-state index is 12.8. The first kappa shape index (κ1) is 24.9. The summed E-state index contributed by atoms with van der Waals surface area (Å²) in [5.41, 5.74) is 5.70. The SMILES string of the molecule is Cc1cccc(N2CCN(C(=O)CCc3ccc(S(=O)(=O)NCc4ccccc4)cc3)CC2)c1C. The molecule has 1 N–H and O–H groups in total. The Morgan fingerprint density at radius 2 is 1.51 bits per heavy atom. The Balaban J connectivity index is 1.26. The highest BCUT2D eigenvalue weighted by Crippen LogP contribution is 2.24. The molecule has 1 heterocycles. The first-order valence-corrected chi connectivity index (χ1v) is 13.5. The van der Waals surface area contributed by atoms with Crippen molar-refractivity contribution in [2.75, 3.05) is 31.1 Å². The van der Waals surface area contributed by atoms with Gasteiger partial charge in [-0.05, 0) is 60.7 Å². The molecule has 7 heteroatoms. The lowest BCUT2D eigenvalue weighted by atomic mass is 10.1. The second-order valence-electron chi connectivity index (χ2n) is 9.04. The number of carbonyl (C=O) groups excluding carboxylic acids is 1. The number of sulfonamides is 1. The Morgan fingerprint density at radius 1 is 0.829 bits per heavy atom. The quantitative estimate of drug-likeness (QED) is 0.516. The van der Waals surface area contributed by atoms with Crippen LogP contribution in [-0.4, -0.2) is 45.4 Å². The summed E-state index contributed by atoms with van der Waals surface area (Å²) in [5.74, 6) is 0.145. The molecule has 0 atom stereocenters. The third-order valence-corrected chi connectivity index (χ3v) is 8.14. The van der Waals surface area contributed by atoms with Crippen LogP contribution in [0.5, 0.6) is 0 Å². The fraction of sp³-hybridized carbons (Fsp3) is 0.321. The number of nitrogens with zero attached hydrogens (tertiary/aromatic N) is 2. The van der Waals surface area contributed by atoms with E-state index in [9.17, 15) is 13.2 Å². The number of hydrogen-bond acceptors (Lipinski definition) is 4. The van der Waals surface area contributed by atoms with Crippen molar-refractivity contribution in [1.82, 2.24) is 9.62 Å². The van der Waals surface area contributed by atoms with Gasteiger partial charge in [0, 0.05) is 44.8 Å². The van der Waals surface area contributed by atoms with Gasteiger partial charge in [-0.1, -0.05) is 54.6 Å². The number of piperazine rings is 1. The highest BCUT2D eigenvalue weighted by molar-refractivity contribution is 7.89. The van der Waals surface area contributed by atoms with Crippen molar-refractivity contribution in [1.29, 1.82) is 0 Å². The van der Waals surface area contributed by atoms with Crippen LogP contribution in [0.25, 0.3) is 0 Å². The lowest BCUT2D eigenvalue weighted by Crippen LogP contribution is -2.49. The van der Waals surface area contributed by atoms with Gasteiger partial charge < -0.3 is 9.80 Å². The Kier molecular flexibility index (Phi) is 7.88. The molecule has 6 nitrogen and oxygen atoms in total. The molecule has 1 amide bonds. The fourth-order valence-corrected chi connectivity index (χ4v) is 5.39. The van der Waals surface area contributed by atoms with Crippen LogP contribution in [0, 0.1) is 13.8 Å². The van der Waals surface area contributed by atoms with Gasteiger partial charge in [0.15, 0.2) is 0 Å². The zero-order valence-electron chi connectivity index (χ0n) is 20.4. The summed E-state index contributed by atoms with van der Waals surface area (Å²) in [6, 6.07) is 22.6. The zero-order valence-corrected chi connectivity index (χ0v) is 21.2. The summed E-state index contributed by atoms with van der Waals surface area (Å²) >= 11 is 0. The minimum Gasteiger partial charge on any atom is -0.368 e. The average Bonchev–Trinajstić information content (AvgIpc) is 2.89. The van der Waals surface area contributed by atoms with Gasteiger partial charge in [-0.2, -0.15) is 0 Å². The number of amides is 1. The van der Waals surface area contributed by atoms with Crippen LogP contribution in [-0.2, 0) is 27.8 Å². The van der Waals surface area contributed by atoms with Crippen molar-refractivity contribution < 1.29 is 13.2 Å². The normalized spacial score (nSPS) is 14.2. The minimum atomic E-state index is -3.59. The van der Waals surface area contributed by atoms with Crippen LogP contribution in [0.1, 0.15) is 28.7 Å². The van der Waals surface area contributed by atoms with Gasteiger partial charge in [0.2, 0.25) is 15.9 Å². The highest BCUT2D eigenvalue weighted by Gasteiger charge is 2.22. The van der Waals surface area contributed by atoms with E-state index in [0.29, 0.717) is 12.8 Å². The Bertz CT molecular complexity index is 1250. The molecule has 3 aromatic carbocycles. The number of carbonyl (C=O) groups is 1. The average molecular weight is 492 g/mol. The summed E-state index contributed by atoms with van der Waals surface area (Å²) in [4.78, 5) is 17.3. The van der Waals surface area contributed by atoms with E-state index >= 15 is 0 Å². The third-order valence-electron chi connectivity index (χ3n) is 6.72. The topological polar surface area (TPSA) is 69.7 Å². The second-order valence-corrected chi connectivity index (χ2v) is 10.8. The van der Waals surface area contributed by atoms with Crippen LogP contribution >= 0.6 is 0 Å². The van der Waals surface area contributed by atoms with Crippen LogP contribution in [0.15, 0.2) is 77.7 Å². The lowest BCUT2D eigenvalue weighted by Gasteiger charge is -2.37. The van der Waals surface area contributed by atoms with Crippen LogP contribution in [0.4, 0.5) is 5.69 Å². The number of anilines is 1. The van der Waals surface area contributed by atoms with Crippen molar-refractivity contribution in [2.24, 2.45) is 0 Å². The maximum Gasteiger partial charge on any atom is 0.240 e. The monoisotopic (exact) mass is 491 g/mol. The van der Waals surface area contributed by atoms with Gasteiger partial charge >= 0.3 is 0 Å². The Hall–Kier alpha value is -3.16. The molecule has 1 aliphatic rings. The molecular formula is C28H33N3O3S. The number of rotatable bonds is 8. The summed E-state index contributed by atoms with van der Waals surface area (Å²) in [6.07, 6.45) is 1.01. The number of hydrogen-bond donors (Lipinski definition) is 1. The highest BCUT2D eigenvalue weighted by atomic mass is 32.2. The van der Waals surface area contributed by atoms with Crippen molar-refractivity contribution in [3.05, 3.63) is 95.1 Å². The predicted octanol–water partition coefficient (Wildman–Crippen LogP) is 4.06. The summed E-state index contributed by atoms with van der Waals surface area (Å²) in [7, 11) is -3.59. The van der Waals surface area contributed by atoms with Gasteiger partial charge in [-0.25, -0.2) is 13.1 Å².